The smallest absolute Gasteiger partial charge is 0.350 e. The molecular weight excluding hydrogens is 464 g/mol. The van der Waals surface area contributed by atoms with E-state index in [9.17, 15) is 9.59 Å². The van der Waals surface area contributed by atoms with Crippen molar-refractivity contribution in [2.75, 3.05) is 11.5 Å². The van der Waals surface area contributed by atoms with E-state index >= 15 is 0 Å². The summed E-state index contributed by atoms with van der Waals surface area (Å²) in [6, 6.07) is 17.4. The maximum atomic E-state index is 13.3. The predicted octanol–water partition coefficient (Wildman–Crippen LogP) is 5.15. The van der Waals surface area contributed by atoms with Crippen molar-refractivity contribution in [1.82, 2.24) is 15.2 Å². The summed E-state index contributed by atoms with van der Waals surface area (Å²) >= 11 is 1.16. The van der Waals surface area contributed by atoms with Crippen molar-refractivity contribution < 1.29 is 18.7 Å². The molecule has 0 fully saturated rings. The number of thiazole rings is 1. The SMILES string of the molecule is CCOC(=O)c1sc(N(Cc2ccccc2)C(=O)CCc2nnc(-c3ccc(C)cc3)o2)nc1C. The number of ether oxygens (including phenoxy) is 1. The minimum Gasteiger partial charge on any atom is -0.462 e. The lowest BCUT2D eigenvalue weighted by Gasteiger charge is -2.20. The van der Waals surface area contributed by atoms with Gasteiger partial charge >= 0.3 is 5.97 Å². The van der Waals surface area contributed by atoms with Crippen LogP contribution in [0.2, 0.25) is 0 Å². The fourth-order valence-electron chi connectivity index (χ4n) is 3.43. The van der Waals surface area contributed by atoms with Crippen LogP contribution in [-0.2, 0) is 22.5 Å². The Bertz CT molecular complexity index is 1300. The topological polar surface area (TPSA) is 98.4 Å². The molecule has 0 atom stereocenters. The first-order valence-electron chi connectivity index (χ1n) is 11.3. The normalized spacial score (nSPS) is 10.8. The maximum absolute atomic E-state index is 13.3. The lowest BCUT2D eigenvalue weighted by atomic mass is 10.1. The van der Waals surface area contributed by atoms with Crippen LogP contribution in [0.4, 0.5) is 5.13 Å². The van der Waals surface area contributed by atoms with Crippen molar-refractivity contribution in [3.63, 3.8) is 0 Å². The molecule has 8 nitrogen and oxygen atoms in total. The summed E-state index contributed by atoms with van der Waals surface area (Å²) in [6.45, 7) is 6.10. The van der Waals surface area contributed by atoms with E-state index in [0.717, 1.165) is 28.0 Å². The van der Waals surface area contributed by atoms with Crippen LogP contribution in [0.5, 0.6) is 0 Å². The molecule has 0 radical (unpaired) electrons. The van der Waals surface area contributed by atoms with Crippen molar-refractivity contribution >= 4 is 28.3 Å². The van der Waals surface area contributed by atoms with Gasteiger partial charge < -0.3 is 9.15 Å². The summed E-state index contributed by atoms with van der Waals surface area (Å²) in [4.78, 5) is 32.1. The zero-order valence-corrected chi connectivity index (χ0v) is 20.7. The number of carbonyl (C=O) groups is 2. The van der Waals surface area contributed by atoms with Crippen LogP contribution in [0.1, 0.15) is 45.7 Å². The maximum Gasteiger partial charge on any atom is 0.350 e. The quantitative estimate of drug-likeness (QED) is 0.299. The third-order valence-electron chi connectivity index (χ3n) is 5.28. The average Bonchev–Trinajstić information content (AvgIpc) is 3.49. The van der Waals surface area contributed by atoms with Crippen LogP contribution in [0, 0.1) is 13.8 Å². The Morgan fingerprint density at radius 1 is 1.03 bits per heavy atom. The van der Waals surface area contributed by atoms with Gasteiger partial charge in [-0.1, -0.05) is 59.4 Å². The second kappa shape index (κ2) is 11.1. The Morgan fingerprint density at radius 3 is 2.49 bits per heavy atom. The molecule has 0 spiro atoms. The Labute approximate surface area is 207 Å². The minimum atomic E-state index is -0.435. The van der Waals surface area contributed by atoms with Crippen LogP contribution < -0.4 is 4.90 Å². The van der Waals surface area contributed by atoms with Gasteiger partial charge in [0.05, 0.1) is 18.8 Å². The van der Waals surface area contributed by atoms with Gasteiger partial charge in [-0.25, -0.2) is 9.78 Å². The third kappa shape index (κ3) is 5.99. The van der Waals surface area contributed by atoms with Gasteiger partial charge in [-0.2, -0.15) is 0 Å². The van der Waals surface area contributed by atoms with Crippen molar-refractivity contribution in [3.8, 4) is 11.5 Å². The standard InChI is InChI=1S/C26H26N4O4S/c1-4-33-25(32)23-18(3)27-26(35-23)30(16-19-8-6-5-7-9-19)22(31)15-14-21-28-29-24(34-21)20-12-10-17(2)11-13-20/h5-13H,4,14-16H2,1-3H3. The number of nitrogens with zero attached hydrogens (tertiary/aromatic N) is 4. The molecule has 9 heteroatoms. The van der Waals surface area contributed by atoms with Gasteiger partial charge in [0.1, 0.15) is 4.88 Å². The zero-order valence-electron chi connectivity index (χ0n) is 19.9. The summed E-state index contributed by atoms with van der Waals surface area (Å²) in [6.07, 6.45) is 0.438. The van der Waals surface area contributed by atoms with E-state index in [2.05, 4.69) is 15.2 Å². The van der Waals surface area contributed by atoms with Gasteiger partial charge in [-0.15, -0.1) is 10.2 Å². The number of benzene rings is 2. The Balaban J connectivity index is 1.51. The third-order valence-corrected chi connectivity index (χ3v) is 6.44. The van der Waals surface area contributed by atoms with Crippen LogP contribution >= 0.6 is 11.3 Å². The molecule has 4 rings (SSSR count). The first-order chi connectivity index (χ1) is 16.9. The number of anilines is 1. The van der Waals surface area contributed by atoms with Crippen LogP contribution in [0.15, 0.2) is 59.0 Å². The van der Waals surface area contributed by atoms with Gasteiger partial charge in [-0.05, 0) is 38.5 Å². The summed E-state index contributed by atoms with van der Waals surface area (Å²) in [5.41, 5.74) is 3.46. The summed E-state index contributed by atoms with van der Waals surface area (Å²) in [5.74, 6) is 0.211. The molecule has 0 aliphatic heterocycles. The largest absolute Gasteiger partial charge is 0.462 e. The van der Waals surface area contributed by atoms with Crippen molar-refractivity contribution in [2.24, 2.45) is 0 Å². The molecule has 180 valence electrons. The van der Waals surface area contributed by atoms with E-state index < -0.39 is 5.97 Å². The monoisotopic (exact) mass is 490 g/mol. The second-order valence-electron chi connectivity index (χ2n) is 7.96. The molecule has 0 bridgehead atoms. The molecule has 0 saturated carbocycles. The number of hydrogen-bond donors (Lipinski definition) is 0. The fourth-order valence-corrected chi connectivity index (χ4v) is 4.41. The molecule has 0 unspecified atom stereocenters. The number of hydrogen-bond acceptors (Lipinski definition) is 8. The van der Waals surface area contributed by atoms with Gasteiger partial charge in [0, 0.05) is 18.4 Å². The van der Waals surface area contributed by atoms with Gasteiger partial charge in [-0.3, -0.25) is 9.69 Å². The highest BCUT2D eigenvalue weighted by atomic mass is 32.1. The zero-order chi connectivity index (χ0) is 24.8. The number of carbonyl (C=O) groups excluding carboxylic acids is 2. The second-order valence-corrected chi connectivity index (χ2v) is 8.94. The lowest BCUT2D eigenvalue weighted by Crippen LogP contribution is -2.30. The highest BCUT2D eigenvalue weighted by molar-refractivity contribution is 7.17. The minimum absolute atomic E-state index is 0.149. The number of amides is 1. The highest BCUT2D eigenvalue weighted by Crippen LogP contribution is 2.29. The predicted molar refractivity (Wildman–Crippen MR) is 133 cm³/mol. The molecule has 2 aromatic heterocycles. The molecule has 35 heavy (non-hydrogen) atoms. The molecule has 1 amide bonds. The van der Waals surface area contributed by atoms with Crippen molar-refractivity contribution in [1.29, 1.82) is 0 Å². The van der Waals surface area contributed by atoms with Gasteiger partial charge in [0.25, 0.3) is 0 Å². The van der Waals surface area contributed by atoms with E-state index in [0.29, 0.717) is 34.0 Å². The van der Waals surface area contributed by atoms with E-state index in [1.807, 2.05) is 61.5 Å². The molecule has 4 aromatic rings. The Morgan fingerprint density at radius 2 is 1.77 bits per heavy atom. The van der Waals surface area contributed by atoms with Crippen molar-refractivity contribution in [2.45, 2.75) is 40.2 Å². The van der Waals surface area contributed by atoms with Crippen LogP contribution in [-0.4, -0.2) is 33.7 Å². The molecule has 0 aliphatic rings. The highest BCUT2D eigenvalue weighted by Gasteiger charge is 2.24. The van der Waals surface area contributed by atoms with Gasteiger partial charge in [0.15, 0.2) is 5.13 Å². The van der Waals surface area contributed by atoms with Crippen molar-refractivity contribution in [3.05, 3.63) is 82.2 Å². The van der Waals surface area contributed by atoms with Crippen LogP contribution in [0.3, 0.4) is 0 Å². The molecule has 0 N–H and O–H groups in total. The van der Waals surface area contributed by atoms with Gasteiger partial charge in [0.2, 0.25) is 17.7 Å². The van der Waals surface area contributed by atoms with E-state index in [1.165, 1.54) is 0 Å². The van der Waals surface area contributed by atoms with E-state index in [4.69, 9.17) is 9.15 Å². The van der Waals surface area contributed by atoms with E-state index in [-0.39, 0.29) is 25.4 Å². The summed E-state index contributed by atoms with van der Waals surface area (Å²) in [5, 5.41) is 8.67. The lowest BCUT2D eigenvalue weighted by molar-refractivity contribution is -0.118. The average molecular weight is 491 g/mol. The fraction of sp³-hybridized carbons (Fsp3) is 0.269. The number of aromatic nitrogens is 3. The number of rotatable bonds is 9. The molecule has 0 aliphatic carbocycles. The Kier molecular flexibility index (Phi) is 7.67. The summed E-state index contributed by atoms with van der Waals surface area (Å²) < 4.78 is 10.9. The molecule has 0 saturated heterocycles. The Hall–Kier alpha value is -3.85. The molecule has 2 aromatic carbocycles. The molecule has 2 heterocycles. The number of esters is 1. The van der Waals surface area contributed by atoms with Crippen LogP contribution in [0.25, 0.3) is 11.5 Å². The molecular formula is C26H26N4O4S. The first-order valence-corrected chi connectivity index (χ1v) is 12.1. The first kappa shape index (κ1) is 24.3. The number of aryl methyl sites for hydroxylation is 3. The van der Waals surface area contributed by atoms with E-state index in [1.54, 1.807) is 18.7 Å². The summed E-state index contributed by atoms with van der Waals surface area (Å²) in [7, 11) is 0.